The standard InChI is InChI=1S/C35H34Cl2IN3O4S/c36-27-16-15-26(32(37)22-27)23-40(33(21-25-9-3-1-4-10-25)35(43)39-29-11-7-8-12-29)34(42)24-41(30-19-17-28(38)18-20-30)46(44,45)31-13-5-2-6-14-31/h1-6,9-10,13-20,22,29,33H,7-8,11-12,21,23-24H2,(H,39,43)/t33-/m1/s1. The lowest BCUT2D eigenvalue weighted by Gasteiger charge is -2.34. The molecule has 0 aromatic heterocycles. The van der Waals surface area contributed by atoms with Crippen LogP contribution in [0.1, 0.15) is 36.8 Å². The van der Waals surface area contributed by atoms with Crippen molar-refractivity contribution in [2.75, 3.05) is 10.8 Å². The minimum Gasteiger partial charge on any atom is -0.352 e. The molecule has 0 aliphatic heterocycles. The molecule has 7 nitrogen and oxygen atoms in total. The first-order chi connectivity index (χ1) is 22.1. The van der Waals surface area contributed by atoms with Gasteiger partial charge in [-0.05, 0) is 95.1 Å². The van der Waals surface area contributed by atoms with E-state index in [1.807, 2.05) is 30.3 Å². The molecule has 240 valence electrons. The number of nitrogens with zero attached hydrogens (tertiary/aromatic N) is 2. The molecule has 0 radical (unpaired) electrons. The monoisotopic (exact) mass is 789 g/mol. The largest absolute Gasteiger partial charge is 0.352 e. The summed E-state index contributed by atoms with van der Waals surface area (Å²) in [7, 11) is -4.17. The van der Waals surface area contributed by atoms with Crippen molar-refractivity contribution in [2.24, 2.45) is 0 Å². The summed E-state index contributed by atoms with van der Waals surface area (Å²) >= 11 is 14.9. The fourth-order valence-corrected chi connectivity index (χ4v) is 7.87. The van der Waals surface area contributed by atoms with Crippen molar-refractivity contribution in [3.05, 3.63) is 128 Å². The molecule has 4 aromatic rings. The molecule has 1 N–H and O–H groups in total. The SMILES string of the molecule is O=C(NC1CCCC1)[C@@H](Cc1ccccc1)N(Cc1ccc(Cl)cc1Cl)C(=O)CN(c1ccc(I)cc1)S(=O)(=O)c1ccccc1. The van der Waals surface area contributed by atoms with Crippen LogP contribution in [0, 0.1) is 3.57 Å². The zero-order chi connectivity index (χ0) is 32.7. The minimum atomic E-state index is -4.17. The molecule has 46 heavy (non-hydrogen) atoms. The molecule has 1 fully saturated rings. The topological polar surface area (TPSA) is 86.8 Å². The highest BCUT2D eigenvalue weighted by molar-refractivity contribution is 14.1. The average molecular weight is 791 g/mol. The number of hydrogen-bond acceptors (Lipinski definition) is 4. The molecule has 0 bridgehead atoms. The van der Waals surface area contributed by atoms with Gasteiger partial charge in [-0.15, -0.1) is 0 Å². The van der Waals surface area contributed by atoms with E-state index in [2.05, 4.69) is 27.9 Å². The number of halogens is 3. The van der Waals surface area contributed by atoms with Crippen molar-refractivity contribution < 1.29 is 18.0 Å². The number of carbonyl (C=O) groups is 2. The van der Waals surface area contributed by atoms with Crippen LogP contribution >= 0.6 is 45.8 Å². The number of benzene rings is 4. The van der Waals surface area contributed by atoms with E-state index >= 15 is 0 Å². The van der Waals surface area contributed by atoms with Gasteiger partial charge >= 0.3 is 0 Å². The molecule has 0 spiro atoms. The number of nitrogens with one attached hydrogen (secondary N) is 1. The molecule has 1 atom stereocenters. The maximum atomic E-state index is 14.6. The fraction of sp³-hybridized carbons (Fsp3) is 0.257. The summed E-state index contributed by atoms with van der Waals surface area (Å²) in [5.41, 5.74) is 1.77. The van der Waals surface area contributed by atoms with Crippen LogP contribution in [0.2, 0.25) is 10.0 Å². The maximum Gasteiger partial charge on any atom is 0.264 e. The molecule has 0 heterocycles. The van der Waals surface area contributed by atoms with Crippen LogP contribution in [-0.2, 0) is 32.6 Å². The molecule has 0 unspecified atom stereocenters. The van der Waals surface area contributed by atoms with Gasteiger partial charge in [-0.1, -0.05) is 90.6 Å². The smallest absolute Gasteiger partial charge is 0.264 e. The highest BCUT2D eigenvalue weighted by Crippen LogP contribution is 2.28. The molecule has 0 saturated heterocycles. The van der Waals surface area contributed by atoms with Crippen molar-refractivity contribution in [3.8, 4) is 0 Å². The van der Waals surface area contributed by atoms with Gasteiger partial charge in [-0.3, -0.25) is 13.9 Å². The molecular weight excluding hydrogens is 756 g/mol. The van der Waals surface area contributed by atoms with Crippen LogP contribution in [0.25, 0.3) is 0 Å². The summed E-state index contributed by atoms with van der Waals surface area (Å²) in [5.74, 6) is -0.840. The minimum absolute atomic E-state index is 0.0172. The van der Waals surface area contributed by atoms with Gasteiger partial charge in [0.1, 0.15) is 12.6 Å². The Bertz CT molecular complexity index is 1750. The molecule has 4 aromatic carbocycles. The number of carbonyl (C=O) groups excluding carboxylic acids is 2. The Hall–Kier alpha value is -3.12. The third-order valence-corrected chi connectivity index (χ3v) is 11.1. The first-order valence-electron chi connectivity index (χ1n) is 15.0. The second-order valence-electron chi connectivity index (χ2n) is 11.3. The van der Waals surface area contributed by atoms with Crippen LogP contribution in [-0.4, -0.2) is 43.8 Å². The Morgan fingerprint density at radius 3 is 2.13 bits per heavy atom. The van der Waals surface area contributed by atoms with E-state index in [0.717, 1.165) is 39.1 Å². The van der Waals surface area contributed by atoms with E-state index in [1.165, 1.54) is 17.0 Å². The van der Waals surface area contributed by atoms with Crippen LogP contribution in [0.5, 0.6) is 0 Å². The second-order valence-corrected chi connectivity index (χ2v) is 15.2. The van der Waals surface area contributed by atoms with Crippen molar-refractivity contribution in [1.82, 2.24) is 10.2 Å². The number of amides is 2. The highest BCUT2D eigenvalue weighted by Gasteiger charge is 2.35. The second kappa shape index (κ2) is 15.6. The van der Waals surface area contributed by atoms with Crippen LogP contribution in [0.4, 0.5) is 5.69 Å². The lowest BCUT2D eigenvalue weighted by molar-refractivity contribution is -0.140. The molecule has 11 heteroatoms. The fourth-order valence-electron chi connectivity index (χ4n) is 5.61. The number of anilines is 1. The van der Waals surface area contributed by atoms with Gasteiger partial charge in [-0.25, -0.2) is 8.42 Å². The highest BCUT2D eigenvalue weighted by atomic mass is 127. The van der Waals surface area contributed by atoms with Gasteiger partial charge in [0.05, 0.1) is 10.6 Å². The van der Waals surface area contributed by atoms with Crippen molar-refractivity contribution in [1.29, 1.82) is 0 Å². The lowest BCUT2D eigenvalue weighted by atomic mass is 10.0. The van der Waals surface area contributed by atoms with Crippen molar-refractivity contribution in [3.63, 3.8) is 0 Å². The summed E-state index contributed by atoms with van der Waals surface area (Å²) in [6, 6.07) is 28.4. The van der Waals surface area contributed by atoms with Gasteiger partial charge in [-0.2, -0.15) is 0 Å². The van der Waals surface area contributed by atoms with Gasteiger partial charge in [0.25, 0.3) is 10.0 Å². The molecule has 1 aliphatic rings. The molecule has 1 saturated carbocycles. The van der Waals surface area contributed by atoms with Gasteiger partial charge in [0.15, 0.2) is 0 Å². The molecular formula is C35H34Cl2IN3O4S. The number of rotatable bonds is 12. The molecule has 5 rings (SSSR count). The van der Waals surface area contributed by atoms with E-state index in [4.69, 9.17) is 23.2 Å². The summed E-state index contributed by atoms with van der Waals surface area (Å²) in [5, 5.41) is 3.95. The Morgan fingerprint density at radius 1 is 0.870 bits per heavy atom. The van der Waals surface area contributed by atoms with E-state index in [-0.39, 0.29) is 29.8 Å². The summed E-state index contributed by atoms with van der Waals surface area (Å²) < 4.78 is 30.2. The maximum absolute atomic E-state index is 14.6. The molecule has 1 aliphatic carbocycles. The van der Waals surface area contributed by atoms with Crippen LogP contribution in [0.15, 0.2) is 108 Å². The summed E-state index contributed by atoms with van der Waals surface area (Å²) in [6.07, 6.45) is 4.03. The summed E-state index contributed by atoms with van der Waals surface area (Å²) in [6.45, 7) is -0.568. The van der Waals surface area contributed by atoms with Crippen molar-refractivity contribution in [2.45, 2.75) is 55.6 Å². The van der Waals surface area contributed by atoms with E-state index < -0.39 is 28.5 Å². The van der Waals surface area contributed by atoms with Gasteiger partial charge in [0, 0.05) is 32.6 Å². The first-order valence-corrected chi connectivity index (χ1v) is 18.3. The Kier molecular flexibility index (Phi) is 11.6. The van der Waals surface area contributed by atoms with E-state index in [1.54, 1.807) is 60.7 Å². The zero-order valence-electron chi connectivity index (χ0n) is 25.0. The Balaban J connectivity index is 1.57. The normalized spacial score (nSPS) is 14.1. The molecule has 2 amide bonds. The predicted molar refractivity (Wildman–Crippen MR) is 191 cm³/mol. The van der Waals surface area contributed by atoms with Crippen LogP contribution < -0.4 is 9.62 Å². The summed E-state index contributed by atoms with van der Waals surface area (Å²) in [4.78, 5) is 30.2. The number of sulfonamides is 1. The van der Waals surface area contributed by atoms with E-state index in [0.29, 0.717) is 21.3 Å². The first kappa shape index (κ1) is 34.2. The Labute approximate surface area is 294 Å². The lowest BCUT2D eigenvalue weighted by Crippen LogP contribution is -2.54. The zero-order valence-corrected chi connectivity index (χ0v) is 29.5. The predicted octanol–water partition coefficient (Wildman–Crippen LogP) is 7.49. The van der Waals surface area contributed by atoms with Gasteiger partial charge in [0.2, 0.25) is 11.8 Å². The number of hydrogen-bond donors (Lipinski definition) is 1. The third kappa shape index (κ3) is 8.61. The van der Waals surface area contributed by atoms with Crippen molar-refractivity contribution >= 4 is 73.3 Å². The van der Waals surface area contributed by atoms with Gasteiger partial charge < -0.3 is 10.2 Å². The quantitative estimate of drug-likeness (QED) is 0.151. The van der Waals surface area contributed by atoms with E-state index in [9.17, 15) is 18.0 Å². The van der Waals surface area contributed by atoms with Crippen LogP contribution in [0.3, 0.4) is 0 Å². The third-order valence-electron chi connectivity index (χ3n) is 8.05. The Morgan fingerprint density at radius 2 is 1.50 bits per heavy atom. The average Bonchev–Trinajstić information content (AvgIpc) is 3.57.